The minimum atomic E-state index is -0.592. The Bertz CT molecular complexity index is 1180. The topological polar surface area (TPSA) is 0 Å². The van der Waals surface area contributed by atoms with Crippen molar-refractivity contribution in [3.8, 4) is 0 Å². The van der Waals surface area contributed by atoms with Gasteiger partial charge in [-0.1, -0.05) is 72.8 Å². The van der Waals surface area contributed by atoms with Gasteiger partial charge in [0.1, 0.15) is 4.33 Å². The molecule has 0 saturated heterocycles. The Morgan fingerprint density at radius 3 is 1.10 bits per heavy atom. The van der Waals surface area contributed by atoms with Crippen LogP contribution in [0.4, 0.5) is 0 Å². The van der Waals surface area contributed by atoms with Crippen LogP contribution < -0.4 is 0 Å². The maximum atomic E-state index is 6.98. The Morgan fingerprint density at radius 1 is 0.548 bits per heavy atom. The molecule has 0 atom stereocenters. The Labute approximate surface area is 193 Å². The summed E-state index contributed by atoms with van der Waals surface area (Å²) >= 11 is 14.0. The van der Waals surface area contributed by atoms with Crippen molar-refractivity contribution in [2.24, 2.45) is 17.3 Å². The maximum absolute atomic E-state index is 6.98. The molecule has 1 fully saturated rings. The van der Waals surface area contributed by atoms with Crippen molar-refractivity contribution in [1.29, 1.82) is 0 Å². The highest BCUT2D eigenvalue weighted by atomic mass is 35.5. The Hall–Kier alpha value is -2.02. The molecule has 0 radical (unpaired) electrons. The molecule has 0 nitrogen and oxygen atoms in total. The second-order valence-electron chi connectivity index (χ2n) is 10.1. The third-order valence-corrected chi connectivity index (χ3v) is 9.50. The molecule has 2 heteroatoms. The lowest BCUT2D eigenvalue weighted by Crippen LogP contribution is -2.31. The molecular formula is C29H24Cl2. The van der Waals surface area contributed by atoms with E-state index in [1.54, 1.807) is 0 Å². The summed E-state index contributed by atoms with van der Waals surface area (Å²) in [5.74, 6) is 0.967. The fraction of sp³-hybridized carbons (Fsp3) is 0.310. The van der Waals surface area contributed by atoms with E-state index in [2.05, 4.69) is 72.8 Å². The van der Waals surface area contributed by atoms with E-state index in [-0.39, 0.29) is 5.41 Å². The first kappa shape index (κ1) is 18.5. The quantitative estimate of drug-likeness (QED) is 0.245. The van der Waals surface area contributed by atoms with E-state index in [4.69, 9.17) is 23.2 Å². The number of benzene rings is 4. The number of rotatable bonds is 0. The lowest BCUT2D eigenvalue weighted by Gasteiger charge is -2.31. The highest BCUT2D eigenvalue weighted by Crippen LogP contribution is 2.74. The van der Waals surface area contributed by atoms with Gasteiger partial charge in [0.2, 0.25) is 0 Å². The number of halogens is 2. The molecule has 0 N–H and O–H groups in total. The summed E-state index contributed by atoms with van der Waals surface area (Å²) in [6.45, 7) is 0. The van der Waals surface area contributed by atoms with Gasteiger partial charge in [0.05, 0.1) is 0 Å². The van der Waals surface area contributed by atoms with Gasteiger partial charge < -0.3 is 0 Å². The van der Waals surface area contributed by atoms with Gasteiger partial charge in [-0.05, 0) is 87.7 Å². The molecule has 3 aliphatic carbocycles. The van der Waals surface area contributed by atoms with Crippen LogP contribution >= 0.6 is 23.2 Å². The third-order valence-electron chi connectivity index (χ3n) is 8.53. The molecule has 154 valence electrons. The standard InChI is InChI=1S/C29H24Cl2/c30-29(31)17-28(29)26-13-22-9-18-5-1-2-6-19(18)10-23(22)14-27(28)16-25-12-21-8-4-3-7-20(21)11-24(25)15-26/h1-12,26-27H,13-17H2. The van der Waals surface area contributed by atoms with Crippen molar-refractivity contribution in [1.82, 2.24) is 0 Å². The van der Waals surface area contributed by atoms with Gasteiger partial charge in [0.25, 0.3) is 0 Å². The number of alkyl halides is 2. The molecule has 4 aromatic carbocycles. The zero-order valence-corrected chi connectivity index (χ0v) is 18.9. The van der Waals surface area contributed by atoms with E-state index in [1.165, 1.54) is 43.8 Å². The van der Waals surface area contributed by atoms with Crippen molar-refractivity contribution >= 4 is 44.7 Å². The van der Waals surface area contributed by atoms with Crippen LogP contribution in [0.1, 0.15) is 28.7 Å². The number of fused-ring (bicyclic) bond motifs is 4. The molecule has 0 heterocycles. The van der Waals surface area contributed by atoms with Gasteiger partial charge >= 0.3 is 0 Å². The van der Waals surface area contributed by atoms with Gasteiger partial charge in [0.15, 0.2) is 0 Å². The zero-order chi connectivity index (χ0) is 20.8. The van der Waals surface area contributed by atoms with E-state index in [1.807, 2.05) is 0 Å². The number of hydrogen-bond donors (Lipinski definition) is 0. The van der Waals surface area contributed by atoms with Gasteiger partial charge in [-0.25, -0.2) is 0 Å². The summed E-state index contributed by atoms with van der Waals surface area (Å²) in [5, 5.41) is 5.37. The van der Waals surface area contributed by atoms with Gasteiger partial charge in [0, 0.05) is 5.41 Å². The lowest BCUT2D eigenvalue weighted by molar-refractivity contribution is 0.206. The van der Waals surface area contributed by atoms with Crippen molar-refractivity contribution in [3.63, 3.8) is 0 Å². The molecule has 0 aliphatic heterocycles. The van der Waals surface area contributed by atoms with Crippen LogP contribution in [-0.2, 0) is 25.7 Å². The summed E-state index contributed by atoms with van der Waals surface area (Å²) in [7, 11) is 0. The molecule has 4 aromatic rings. The summed E-state index contributed by atoms with van der Waals surface area (Å²) in [6, 6.07) is 27.2. The smallest absolute Gasteiger partial charge is 0.101 e. The lowest BCUT2D eigenvalue weighted by atomic mass is 9.75. The summed E-state index contributed by atoms with van der Waals surface area (Å²) in [4.78, 5) is 0. The summed E-state index contributed by atoms with van der Waals surface area (Å²) in [6.07, 6.45) is 5.22. The van der Waals surface area contributed by atoms with Gasteiger partial charge in [-0.15, -0.1) is 23.2 Å². The van der Waals surface area contributed by atoms with Crippen molar-refractivity contribution < 1.29 is 0 Å². The maximum Gasteiger partial charge on any atom is 0.125 e. The predicted molar refractivity (Wildman–Crippen MR) is 131 cm³/mol. The van der Waals surface area contributed by atoms with E-state index in [9.17, 15) is 0 Å². The molecular weight excluding hydrogens is 419 g/mol. The molecule has 0 unspecified atom stereocenters. The summed E-state index contributed by atoms with van der Waals surface area (Å²) in [5.41, 5.74) is 6.04. The van der Waals surface area contributed by atoms with Crippen LogP contribution in [0, 0.1) is 17.3 Å². The van der Waals surface area contributed by atoms with Crippen LogP contribution in [0.15, 0.2) is 72.8 Å². The molecule has 1 saturated carbocycles. The minimum absolute atomic E-state index is 0.0204. The van der Waals surface area contributed by atoms with Crippen LogP contribution in [0.3, 0.4) is 0 Å². The molecule has 0 amide bonds. The Balaban J connectivity index is 1.42. The average Bonchev–Trinajstić information content (AvgIpc) is 3.41. The van der Waals surface area contributed by atoms with E-state index in [0.29, 0.717) is 11.8 Å². The second-order valence-corrected chi connectivity index (χ2v) is 11.6. The largest absolute Gasteiger partial charge is 0.125 e. The van der Waals surface area contributed by atoms with E-state index in [0.717, 1.165) is 32.1 Å². The van der Waals surface area contributed by atoms with Crippen molar-refractivity contribution in [2.45, 2.75) is 36.4 Å². The molecule has 2 bridgehead atoms. The first-order valence-electron chi connectivity index (χ1n) is 11.4. The van der Waals surface area contributed by atoms with Crippen LogP contribution in [0.2, 0.25) is 0 Å². The molecule has 31 heavy (non-hydrogen) atoms. The zero-order valence-electron chi connectivity index (χ0n) is 17.4. The first-order chi connectivity index (χ1) is 15.0. The van der Waals surface area contributed by atoms with E-state index < -0.39 is 4.33 Å². The summed E-state index contributed by atoms with van der Waals surface area (Å²) < 4.78 is -0.592. The monoisotopic (exact) mass is 442 g/mol. The molecule has 1 spiro atoms. The fourth-order valence-electron chi connectivity index (χ4n) is 6.91. The highest BCUT2D eigenvalue weighted by Gasteiger charge is 2.73. The molecule has 7 rings (SSSR count). The predicted octanol–water partition coefficient (Wildman–Crippen LogP) is 7.69. The minimum Gasteiger partial charge on any atom is -0.101 e. The SMILES string of the molecule is ClC1(Cl)CC12C1Cc3cc4ccccc4cc3CC2Cc2cc3ccccc3cc2C1. The van der Waals surface area contributed by atoms with Gasteiger partial charge in [-0.2, -0.15) is 0 Å². The molecule has 0 aromatic heterocycles. The normalized spacial score (nSPS) is 28.1. The third kappa shape index (κ3) is 2.62. The first-order valence-corrected chi connectivity index (χ1v) is 12.2. The molecule has 3 aliphatic rings. The van der Waals surface area contributed by atoms with Crippen LogP contribution in [0.25, 0.3) is 21.5 Å². The Kier molecular flexibility index (Phi) is 3.75. The average molecular weight is 443 g/mol. The Morgan fingerprint density at radius 2 is 0.839 bits per heavy atom. The van der Waals surface area contributed by atoms with Crippen LogP contribution in [-0.4, -0.2) is 4.33 Å². The second kappa shape index (κ2) is 6.27. The van der Waals surface area contributed by atoms with Gasteiger partial charge in [-0.3, -0.25) is 0 Å². The highest BCUT2D eigenvalue weighted by molar-refractivity contribution is 6.51. The number of hydrogen-bond acceptors (Lipinski definition) is 0. The van der Waals surface area contributed by atoms with Crippen molar-refractivity contribution in [3.05, 3.63) is 95.1 Å². The van der Waals surface area contributed by atoms with E-state index >= 15 is 0 Å². The fourth-order valence-corrected chi connectivity index (χ4v) is 7.97. The van der Waals surface area contributed by atoms with Crippen LogP contribution in [0.5, 0.6) is 0 Å². The van der Waals surface area contributed by atoms with Crippen molar-refractivity contribution in [2.75, 3.05) is 0 Å².